The Morgan fingerprint density at radius 2 is 1.62 bits per heavy atom. The monoisotopic (exact) mass is 210 g/mol. The summed E-state index contributed by atoms with van der Waals surface area (Å²) in [6, 6.07) is 10.6. The molecular weight excluding hydrogens is 192 g/mol. The summed E-state index contributed by atoms with van der Waals surface area (Å²) in [5, 5.41) is 0. The van der Waals surface area contributed by atoms with Crippen LogP contribution in [0.2, 0.25) is 0 Å². The van der Waals surface area contributed by atoms with Gasteiger partial charge in [-0.2, -0.15) is 0 Å². The summed E-state index contributed by atoms with van der Waals surface area (Å²) in [5.74, 6) is 0. The molecule has 82 valence electrons. The molecule has 0 fully saturated rings. The number of rotatable bonds is 3. The van der Waals surface area contributed by atoms with Gasteiger partial charge in [-0.15, -0.1) is 0 Å². The molecule has 1 aromatic rings. The zero-order valence-electron chi connectivity index (χ0n) is 10.0. The van der Waals surface area contributed by atoms with Crippen LogP contribution in [0.15, 0.2) is 59.7 Å². The maximum atomic E-state index is 2.30. The van der Waals surface area contributed by atoms with E-state index in [4.69, 9.17) is 0 Å². The van der Waals surface area contributed by atoms with Crippen LogP contribution < -0.4 is 0 Å². The lowest BCUT2D eigenvalue weighted by atomic mass is 10.0. The van der Waals surface area contributed by atoms with E-state index in [0.717, 1.165) is 12.8 Å². The molecule has 0 heterocycles. The fourth-order valence-corrected chi connectivity index (χ4v) is 2.13. The van der Waals surface area contributed by atoms with E-state index in [0.29, 0.717) is 0 Å². The smallest absolute Gasteiger partial charge is 0.0178 e. The molecule has 0 bridgehead atoms. The Balaban J connectivity index is 2.33. The molecule has 0 amide bonds. The summed E-state index contributed by atoms with van der Waals surface area (Å²) >= 11 is 0. The lowest BCUT2D eigenvalue weighted by Gasteiger charge is -2.02. The van der Waals surface area contributed by atoms with Crippen molar-refractivity contribution in [3.63, 3.8) is 0 Å². The quantitative estimate of drug-likeness (QED) is 0.675. The van der Waals surface area contributed by atoms with Gasteiger partial charge in [-0.1, -0.05) is 61.9 Å². The van der Waals surface area contributed by atoms with Gasteiger partial charge in [-0.3, -0.25) is 0 Å². The highest BCUT2D eigenvalue weighted by atomic mass is 14.1. The number of hydrogen-bond donors (Lipinski definition) is 0. The van der Waals surface area contributed by atoms with Crippen molar-refractivity contribution in [1.29, 1.82) is 0 Å². The predicted molar refractivity (Wildman–Crippen MR) is 71.2 cm³/mol. The SMILES string of the molecule is CCC(CC)=C1C=CC(c2ccccc2)=C1. The van der Waals surface area contributed by atoms with Crippen LogP contribution in [0.3, 0.4) is 0 Å². The minimum atomic E-state index is 1.15. The Hall–Kier alpha value is -1.56. The van der Waals surface area contributed by atoms with E-state index in [1.165, 1.54) is 16.7 Å². The molecule has 0 nitrogen and oxygen atoms in total. The zero-order valence-corrected chi connectivity index (χ0v) is 10.0. The summed E-state index contributed by atoms with van der Waals surface area (Å²) in [6.07, 6.45) is 9.06. The second-order valence-corrected chi connectivity index (χ2v) is 4.07. The fourth-order valence-electron chi connectivity index (χ4n) is 2.13. The first-order chi connectivity index (χ1) is 7.85. The Labute approximate surface area is 98.0 Å². The molecule has 16 heavy (non-hydrogen) atoms. The average molecular weight is 210 g/mol. The van der Waals surface area contributed by atoms with Gasteiger partial charge in [-0.25, -0.2) is 0 Å². The van der Waals surface area contributed by atoms with Crippen LogP contribution in [-0.2, 0) is 0 Å². The van der Waals surface area contributed by atoms with Gasteiger partial charge in [0.05, 0.1) is 0 Å². The van der Waals surface area contributed by atoms with Gasteiger partial charge < -0.3 is 0 Å². The van der Waals surface area contributed by atoms with Crippen LogP contribution in [0.4, 0.5) is 0 Å². The van der Waals surface area contributed by atoms with Gasteiger partial charge >= 0.3 is 0 Å². The highest BCUT2D eigenvalue weighted by Crippen LogP contribution is 2.28. The van der Waals surface area contributed by atoms with Crippen molar-refractivity contribution in [2.45, 2.75) is 26.7 Å². The third-order valence-electron chi connectivity index (χ3n) is 3.12. The second-order valence-electron chi connectivity index (χ2n) is 4.07. The van der Waals surface area contributed by atoms with E-state index in [-0.39, 0.29) is 0 Å². The topological polar surface area (TPSA) is 0 Å². The van der Waals surface area contributed by atoms with E-state index in [9.17, 15) is 0 Å². The van der Waals surface area contributed by atoms with Crippen molar-refractivity contribution in [2.75, 3.05) is 0 Å². The molecule has 0 spiro atoms. The average Bonchev–Trinajstić information content (AvgIpc) is 2.81. The van der Waals surface area contributed by atoms with Gasteiger partial charge in [0, 0.05) is 0 Å². The molecule has 1 aromatic carbocycles. The molecule has 0 saturated heterocycles. The molecule has 0 radical (unpaired) electrons. The molecule has 0 aromatic heterocycles. The molecular formula is C16H18. The lowest BCUT2D eigenvalue weighted by Crippen LogP contribution is -1.82. The third kappa shape index (κ3) is 2.16. The maximum Gasteiger partial charge on any atom is -0.0178 e. The highest BCUT2D eigenvalue weighted by Gasteiger charge is 2.07. The van der Waals surface area contributed by atoms with Gasteiger partial charge in [-0.05, 0) is 35.6 Å². The minimum Gasteiger partial charge on any atom is -0.0635 e. The zero-order chi connectivity index (χ0) is 11.4. The third-order valence-corrected chi connectivity index (χ3v) is 3.12. The van der Waals surface area contributed by atoms with Crippen molar-refractivity contribution >= 4 is 5.57 Å². The normalized spacial score (nSPS) is 14.1. The van der Waals surface area contributed by atoms with Crippen LogP contribution in [0.1, 0.15) is 32.3 Å². The van der Waals surface area contributed by atoms with Crippen LogP contribution in [0.25, 0.3) is 5.57 Å². The van der Waals surface area contributed by atoms with Crippen LogP contribution in [0.5, 0.6) is 0 Å². The standard InChI is InChI=1S/C16H18/c1-3-13(4-2)15-10-11-16(12-15)14-8-6-5-7-9-14/h5-12H,3-4H2,1-2H3. The predicted octanol–water partition coefficient (Wildman–Crippen LogP) is 4.76. The van der Waals surface area contributed by atoms with E-state index in [2.05, 4.69) is 62.4 Å². The number of allylic oxidation sites excluding steroid dienone is 6. The molecule has 0 aliphatic heterocycles. The summed E-state index contributed by atoms with van der Waals surface area (Å²) < 4.78 is 0. The highest BCUT2D eigenvalue weighted by molar-refractivity contribution is 5.81. The molecule has 0 unspecified atom stereocenters. The van der Waals surface area contributed by atoms with Crippen molar-refractivity contribution in [1.82, 2.24) is 0 Å². The Bertz CT molecular complexity index is 438. The van der Waals surface area contributed by atoms with Gasteiger partial charge in [0.25, 0.3) is 0 Å². The Morgan fingerprint density at radius 1 is 0.938 bits per heavy atom. The van der Waals surface area contributed by atoms with Crippen LogP contribution >= 0.6 is 0 Å². The molecule has 0 N–H and O–H groups in total. The molecule has 2 rings (SSSR count). The van der Waals surface area contributed by atoms with Crippen LogP contribution in [-0.4, -0.2) is 0 Å². The molecule has 0 atom stereocenters. The van der Waals surface area contributed by atoms with Gasteiger partial charge in [0.1, 0.15) is 0 Å². The molecule has 1 aliphatic rings. The van der Waals surface area contributed by atoms with E-state index in [1.54, 1.807) is 5.57 Å². The second kappa shape index (κ2) is 4.98. The van der Waals surface area contributed by atoms with Gasteiger partial charge in [0.2, 0.25) is 0 Å². The Kier molecular flexibility index (Phi) is 3.40. The maximum absolute atomic E-state index is 2.30. The lowest BCUT2D eigenvalue weighted by molar-refractivity contribution is 0.967. The van der Waals surface area contributed by atoms with Crippen LogP contribution in [0, 0.1) is 0 Å². The van der Waals surface area contributed by atoms with E-state index >= 15 is 0 Å². The summed E-state index contributed by atoms with van der Waals surface area (Å²) in [5.41, 5.74) is 5.58. The van der Waals surface area contributed by atoms with E-state index < -0.39 is 0 Å². The van der Waals surface area contributed by atoms with Crippen molar-refractivity contribution in [2.24, 2.45) is 0 Å². The summed E-state index contributed by atoms with van der Waals surface area (Å²) in [7, 11) is 0. The first kappa shape index (κ1) is 10.9. The number of benzene rings is 1. The molecule has 0 heteroatoms. The summed E-state index contributed by atoms with van der Waals surface area (Å²) in [6.45, 7) is 4.46. The first-order valence-corrected chi connectivity index (χ1v) is 6.02. The number of hydrogen-bond acceptors (Lipinski definition) is 0. The van der Waals surface area contributed by atoms with Crippen molar-refractivity contribution in [3.05, 3.63) is 65.3 Å². The summed E-state index contributed by atoms with van der Waals surface area (Å²) in [4.78, 5) is 0. The van der Waals surface area contributed by atoms with E-state index in [1.807, 2.05) is 0 Å². The van der Waals surface area contributed by atoms with Crippen molar-refractivity contribution < 1.29 is 0 Å². The minimum absolute atomic E-state index is 1.15. The molecule has 1 aliphatic carbocycles. The Morgan fingerprint density at radius 3 is 2.25 bits per heavy atom. The largest absolute Gasteiger partial charge is 0.0635 e. The van der Waals surface area contributed by atoms with Crippen molar-refractivity contribution in [3.8, 4) is 0 Å². The fraction of sp³-hybridized carbons (Fsp3) is 0.250. The molecule has 0 saturated carbocycles. The first-order valence-electron chi connectivity index (χ1n) is 6.02. The van der Waals surface area contributed by atoms with Gasteiger partial charge in [0.15, 0.2) is 0 Å².